The number of rotatable bonds is 2. The number of benzene rings is 1. The molecule has 0 fully saturated rings. The minimum atomic E-state index is -1.64. The van der Waals surface area contributed by atoms with Gasteiger partial charge >= 0.3 is 0 Å². The van der Waals surface area contributed by atoms with Crippen molar-refractivity contribution in [2.45, 2.75) is 0 Å². The van der Waals surface area contributed by atoms with E-state index in [2.05, 4.69) is 12.2 Å². The minimum absolute atomic E-state index is 0.724. The van der Waals surface area contributed by atoms with Gasteiger partial charge in [-0.25, -0.2) is 0 Å². The first kappa shape index (κ1) is 7.70. The molecule has 0 aliphatic carbocycles. The summed E-state index contributed by atoms with van der Waals surface area (Å²) < 4.78 is 5.05. The van der Waals surface area contributed by atoms with Crippen LogP contribution in [-0.4, -0.2) is 0 Å². The summed E-state index contributed by atoms with van der Waals surface area (Å²) in [4.78, 5) is 0. The topological polar surface area (TPSA) is 33.1 Å². The SMILES string of the molecule is N=[PH](S)Oc1ccccc1. The van der Waals surface area contributed by atoms with Crippen molar-refractivity contribution in [3.8, 4) is 5.75 Å². The Bertz CT molecular complexity index is 226. The van der Waals surface area contributed by atoms with Gasteiger partial charge in [-0.2, -0.15) is 0 Å². The van der Waals surface area contributed by atoms with E-state index in [1.807, 2.05) is 30.3 Å². The largest absolute Gasteiger partial charge is 0.454 e. The third-order valence-electron chi connectivity index (χ3n) is 0.958. The lowest BCUT2D eigenvalue weighted by Gasteiger charge is -2.01. The fourth-order valence-electron chi connectivity index (χ4n) is 0.600. The van der Waals surface area contributed by atoms with Gasteiger partial charge in [0, 0.05) is 0 Å². The highest BCUT2D eigenvalue weighted by Gasteiger charge is 1.88. The first-order chi connectivity index (χ1) is 4.79. The molecule has 10 heavy (non-hydrogen) atoms. The highest BCUT2D eigenvalue weighted by atomic mass is 32.7. The van der Waals surface area contributed by atoms with E-state index >= 15 is 0 Å². The maximum absolute atomic E-state index is 7.06. The molecule has 0 saturated heterocycles. The Morgan fingerprint density at radius 2 is 1.90 bits per heavy atom. The lowest BCUT2D eigenvalue weighted by atomic mass is 10.3. The average Bonchev–Trinajstić information content (AvgIpc) is 1.88. The van der Waals surface area contributed by atoms with Crippen molar-refractivity contribution in [3.05, 3.63) is 30.3 Å². The zero-order chi connectivity index (χ0) is 7.40. The zero-order valence-corrected chi connectivity index (χ0v) is 7.14. The first-order valence-electron chi connectivity index (χ1n) is 2.79. The molecule has 0 aromatic heterocycles. The van der Waals surface area contributed by atoms with Gasteiger partial charge in [0.05, 0.1) is 0 Å². The molecule has 0 spiro atoms. The van der Waals surface area contributed by atoms with Gasteiger partial charge in [0.1, 0.15) is 5.75 Å². The van der Waals surface area contributed by atoms with Crippen LogP contribution in [0.25, 0.3) is 0 Å². The van der Waals surface area contributed by atoms with Crippen LogP contribution in [-0.2, 0) is 0 Å². The van der Waals surface area contributed by atoms with Gasteiger partial charge in [0.2, 0.25) is 0 Å². The molecule has 1 aromatic rings. The quantitative estimate of drug-likeness (QED) is 0.523. The van der Waals surface area contributed by atoms with Crippen molar-refractivity contribution >= 4 is 19.4 Å². The number of hydrogen-bond donors (Lipinski definition) is 2. The second-order valence-corrected chi connectivity index (χ2v) is 3.75. The van der Waals surface area contributed by atoms with Gasteiger partial charge in [-0.15, -0.1) is 0 Å². The van der Waals surface area contributed by atoms with Crippen LogP contribution in [0.2, 0.25) is 0 Å². The Kier molecular flexibility index (Phi) is 2.84. The van der Waals surface area contributed by atoms with E-state index in [1.165, 1.54) is 0 Å². The molecule has 4 heteroatoms. The average molecular weight is 173 g/mol. The van der Waals surface area contributed by atoms with Crippen molar-refractivity contribution in [2.24, 2.45) is 0 Å². The Morgan fingerprint density at radius 3 is 2.40 bits per heavy atom. The third-order valence-corrected chi connectivity index (χ3v) is 1.66. The summed E-state index contributed by atoms with van der Waals surface area (Å²) in [6.45, 7) is 0. The molecule has 0 aliphatic rings. The molecule has 1 unspecified atom stereocenters. The summed E-state index contributed by atoms with van der Waals surface area (Å²) in [5.41, 5.74) is 0. The molecule has 1 atom stereocenters. The van der Waals surface area contributed by atoms with E-state index in [9.17, 15) is 0 Å². The smallest absolute Gasteiger partial charge is 0.171 e. The highest BCUT2D eigenvalue weighted by molar-refractivity contribution is 8.39. The number of hydrogen-bond acceptors (Lipinski definition) is 2. The first-order valence-corrected chi connectivity index (χ1v) is 5.49. The van der Waals surface area contributed by atoms with E-state index in [0.29, 0.717) is 0 Å². The summed E-state index contributed by atoms with van der Waals surface area (Å²) in [6.07, 6.45) is 0. The minimum Gasteiger partial charge on any atom is -0.454 e. The molecule has 0 heterocycles. The summed E-state index contributed by atoms with van der Waals surface area (Å²) >= 11 is 3.86. The molecule has 0 radical (unpaired) electrons. The van der Waals surface area contributed by atoms with Crippen LogP contribution in [0.1, 0.15) is 0 Å². The van der Waals surface area contributed by atoms with Gasteiger partial charge in [0.15, 0.2) is 7.14 Å². The molecule has 1 aromatic carbocycles. The fourth-order valence-corrected chi connectivity index (χ4v) is 1.28. The highest BCUT2D eigenvalue weighted by Crippen LogP contribution is 2.30. The second-order valence-electron chi connectivity index (χ2n) is 1.72. The van der Waals surface area contributed by atoms with E-state index in [1.54, 1.807) is 0 Å². The van der Waals surface area contributed by atoms with Gasteiger partial charge in [-0.1, -0.05) is 30.4 Å². The maximum atomic E-state index is 7.06. The number of para-hydroxylation sites is 1. The predicted octanol–water partition coefficient (Wildman–Crippen LogP) is 2.80. The van der Waals surface area contributed by atoms with Crippen molar-refractivity contribution in [3.63, 3.8) is 0 Å². The summed E-state index contributed by atoms with van der Waals surface area (Å²) in [5.74, 6) is 0.724. The molecule has 0 bridgehead atoms. The van der Waals surface area contributed by atoms with E-state index in [0.717, 1.165) is 5.75 Å². The Labute approximate surface area is 65.7 Å². The molecule has 1 rings (SSSR count). The zero-order valence-electron chi connectivity index (χ0n) is 5.24. The molecular weight excluding hydrogens is 165 g/mol. The maximum Gasteiger partial charge on any atom is 0.171 e. The van der Waals surface area contributed by atoms with Gasteiger partial charge in [-0.05, 0) is 12.1 Å². The third kappa shape index (κ3) is 2.46. The van der Waals surface area contributed by atoms with Crippen LogP contribution in [0, 0.1) is 5.16 Å². The van der Waals surface area contributed by atoms with Crippen LogP contribution in [0.15, 0.2) is 30.3 Å². The Hall–Kier alpha value is -0.400. The van der Waals surface area contributed by atoms with Gasteiger partial charge < -0.3 is 4.52 Å². The van der Waals surface area contributed by atoms with Gasteiger partial charge in [-0.3, -0.25) is 5.16 Å². The Morgan fingerprint density at radius 1 is 1.30 bits per heavy atom. The summed E-state index contributed by atoms with van der Waals surface area (Å²) in [5, 5.41) is 7.06. The van der Waals surface area contributed by atoms with E-state index < -0.39 is 7.14 Å². The van der Waals surface area contributed by atoms with Crippen molar-refractivity contribution in [1.29, 1.82) is 5.16 Å². The van der Waals surface area contributed by atoms with Crippen molar-refractivity contribution in [1.82, 2.24) is 0 Å². The Balaban J connectivity index is 2.67. The lowest BCUT2D eigenvalue weighted by molar-refractivity contribution is 0.633. The van der Waals surface area contributed by atoms with E-state index in [-0.39, 0.29) is 0 Å². The van der Waals surface area contributed by atoms with E-state index in [4.69, 9.17) is 9.69 Å². The molecule has 0 saturated carbocycles. The molecular formula is C6H8NOPS. The van der Waals surface area contributed by atoms with Crippen LogP contribution < -0.4 is 4.52 Å². The summed E-state index contributed by atoms with van der Waals surface area (Å²) in [6, 6.07) is 9.27. The molecule has 2 nitrogen and oxygen atoms in total. The normalized spacial score (nSPS) is 12.5. The van der Waals surface area contributed by atoms with Crippen LogP contribution in [0.5, 0.6) is 5.75 Å². The lowest BCUT2D eigenvalue weighted by Crippen LogP contribution is -1.73. The van der Waals surface area contributed by atoms with Crippen LogP contribution in [0.4, 0.5) is 0 Å². The van der Waals surface area contributed by atoms with Crippen LogP contribution >= 0.6 is 19.4 Å². The fraction of sp³-hybridized carbons (Fsp3) is 0. The van der Waals surface area contributed by atoms with Crippen molar-refractivity contribution < 1.29 is 4.52 Å². The monoisotopic (exact) mass is 173 g/mol. The molecule has 54 valence electrons. The number of thiol groups is 1. The standard InChI is InChI=1S/C6H8NOPS/c7-9(10)8-6-4-2-1-3-5-6/h1-5,9H,(H2,7,10). The van der Waals surface area contributed by atoms with Gasteiger partial charge in [0.25, 0.3) is 0 Å². The molecule has 0 aliphatic heterocycles. The number of nitrogens with one attached hydrogen (secondary N) is 1. The predicted molar refractivity (Wildman–Crippen MR) is 47.1 cm³/mol. The van der Waals surface area contributed by atoms with Crippen LogP contribution in [0.3, 0.4) is 0 Å². The second kappa shape index (κ2) is 3.69. The molecule has 0 amide bonds. The summed E-state index contributed by atoms with van der Waals surface area (Å²) in [7, 11) is -1.64. The molecule has 1 N–H and O–H groups in total. The van der Waals surface area contributed by atoms with Crippen molar-refractivity contribution in [2.75, 3.05) is 0 Å².